The minimum Gasteiger partial charge on any atom is -0.361 e. The second kappa shape index (κ2) is 10.2. The first-order valence-corrected chi connectivity index (χ1v) is 11.3. The SMILES string of the molecule is Cn1cncc1C(OCc1c(-c2ccc(Cl)c(Cl)c2)cc(C#N)c(=O)n1C)c1ccc(C#N)cc1. The lowest BCUT2D eigenvalue weighted by atomic mass is 10.0. The van der Waals surface area contributed by atoms with Crippen LogP contribution in [0, 0.1) is 22.7 Å². The van der Waals surface area contributed by atoms with Gasteiger partial charge in [-0.1, -0.05) is 41.4 Å². The van der Waals surface area contributed by atoms with Gasteiger partial charge >= 0.3 is 0 Å². The van der Waals surface area contributed by atoms with E-state index in [4.69, 9.17) is 33.2 Å². The molecule has 9 heteroatoms. The van der Waals surface area contributed by atoms with E-state index in [0.717, 1.165) is 11.3 Å². The number of nitrogens with zero attached hydrogens (tertiary/aromatic N) is 5. The second-order valence-corrected chi connectivity index (χ2v) is 8.69. The van der Waals surface area contributed by atoms with Crippen molar-refractivity contribution < 1.29 is 4.74 Å². The van der Waals surface area contributed by atoms with E-state index in [1.54, 1.807) is 56.0 Å². The molecule has 2 aromatic carbocycles. The Morgan fingerprint density at radius 2 is 1.77 bits per heavy atom. The van der Waals surface area contributed by atoms with Crippen LogP contribution in [0.15, 0.2) is 65.8 Å². The molecular weight excluding hydrogens is 485 g/mol. The molecule has 0 aliphatic heterocycles. The Labute approximate surface area is 212 Å². The molecule has 0 saturated heterocycles. The lowest BCUT2D eigenvalue weighted by Gasteiger charge is -2.22. The average Bonchev–Trinajstić information content (AvgIpc) is 3.29. The Morgan fingerprint density at radius 3 is 2.37 bits per heavy atom. The highest BCUT2D eigenvalue weighted by Gasteiger charge is 2.21. The van der Waals surface area contributed by atoms with Gasteiger partial charge in [0, 0.05) is 19.7 Å². The van der Waals surface area contributed by atoms with Crippen molar-refractivity contribution in [1.82, 2.24) is 14.1 Å². The van der Waals surface area contributed by atoms with Crippen LogP contribution in [0.4, 0.5) is 0 Å². The van der Waals surface area contributed by atoms with E-state index in [9.17, 15) is 10.1 Å². The van der Waals surface area contributed by atoms with Gasteiger partial charge in [-0.2, -0.15) is 10.5 Å². The summed E-state index contributed by atoms with van der Waals surface area (Å²) in [6, 6.07) is 17.8. The van der Waals surface area contributed by atoms with E-state index in [1.165, 1.54) is 4.57 Å². The molecule has 0 amide bonds. The van der Waals surface area contributed by atoms with E-state index in [-0.39, 0.29) is 12.2 Å². The fourth-order valence-corrected chi connectivity index (χ4v) is 4.11. The smallest absolute Gasteiger partial charge is 0.268 e. The quantitative estimate of drug-likeness (QED) is 0.362. The second-order valence-electron chi connectivity index (χ2n) is 7.88. The first-order valence-electron chi connectivity index (χ1n) is 10.5. The Balaban J connectivity index is 1.80. The minimum atomic E-state index is -0.525. The lowest BCUT2D eigenvalue weighted by molar-refractivity contribution is 0.0585. The van der Waals surface area contributed by atoms with Crippen molar-refractivity contribution in [3.05, 3.63) is 110 Å². The Kier molecular flexibility index (Phi) is 7.04. The van der Waals surface area contributed by atoms with Gasteiger partial charge in [-0.15, -0.1) is 0 Å². The highest BCUT2D eigenvalue weighted by atomic mass is 35.5. The largest absolute Gasteiger partial charge is 0.361 e. The molecule has 2 heterocycles. The molecule has 0 saturated carbocycles. The number of halogens is 2. The fraction of sp³-hybridized carbons (Fsp3) is 0.154. The Hall–Kier alpha value is -3.88. The van der Waals surface area contributed by atoms with Gasteiger partial charge < -0.3 is 13.9 Å². The van der Waals surface area contributed by atoms with Crippen molar-refractivity contribution in [2.45, 2.75) is 12.7 Å². The molecule has 7 nitrogen and oxygen atoms in total. The van der Waals surface area contributed by atoms with Crippen molar-refractivity contribution in [3.63, 3.8) is 0 Å². The number of hydrogen-bond donors (Lipinski definition) is 0. The van der Waals surface area contributed by atoms with Crippen LogP contribution in [0.25, 0.3) is 11.1 Å². The molecule has 4 aromatic rings. The molecule has 1 unspecified atom stereocenters. The summed E-state index contributed by atoms with van der Waals surface area (Å²) in [7, 11) is 3.46. The topological polar surface area (TPSA) is 96.6 Å². The standard InChI is InChI=1S/C26H19Cl2N5O2/c1-32-15-31-13-23(32)25(17-5-3-16(11-29)4-6-17)35-14-24-20(9-19(12-30)26(34)33(24)2)18-7-8-21(27)22(28)10-18/h3-10,13,15,25H,14H2,1-2H3. The lowest BCUT2D eigenvalue weighted by Crippen LogP contribution is -2.25. The van der Waals surface area contributed by atoms with Gasteiger partial charge in [0.1, 0.15) is 17.7 Å². The number of hydrogen-bond acceptors (Lipinski definition) is 5. The first-order chi connectivity index (χ1) is 16.8. The van der Waals surface area contributed by atoms with Crippen molar-refractivity contribution in [3.8, 4) is 23.3 Å². The fourth-order valence-electron chi connectivity index (χ4n) is 3.81. The number of benzene rings is 2. The van der Waals surface area contributed by atoms with Crippen LogP contribution >= 0.6 is 23.2 Å². The van der Waals surface area contributed by atoms with Crippen LogP contribution < -0.4 is 5.56 Å². The van der Waals surface area contributed by atoms with E-state index < -0.39 is 11.7 Å². The van der Waals surface area contributed by atoms with E-state index >= 15 is 0 Å². The molecule has 0 spiro atoms. The van der Waals surface area contributed by atoms with Gasteiger partial charge in [-0.25, -0.2) is 4.98 Å². The maximum absolute atomic E-state index is 12.8. The summed E-state index contributed by atoms with van der Waals surface area (Å²) in [5.74, 6) is 0. The molecule has 174 valence electrons. The third kappa shape index (κ3) is 4.84. The summed E-state index contributed by atoms with van der Waals surface area (Å²) in [6.07, 6.45) is 2.86. The Morgan fingerprint density at radius 1 is 1.03 bits per heavy atom. The molecule has 0 aliphatic carbocycles. The number of rotatable bonds is 6. The highest BCUT2D eigenvalue weighted by Crippen LogP contribution is 2.33. The summed E-state index contributed by atoms with van der Waals surface area (Å²) in [4.78, 5) is 17.0. The van der Waals surface area contributed by atoms with E-state index in [0.29, 0.717) is 32.4 Å². The molecule has 1 atom stereocenters. The van der Waals surface area contributed by atoms with Gasteiger partial charge in [-0.05, 0) is 41.5 Å². The van der Waals surface area contributed by atoms with E-state index in [1.807, 2.05) is 29.8 Å². The van der Waals surface area contributed by atoms with Crippen LogP contribution in [0.5, 0.6) is 0 Å². The van der Waals surface area contributed by atoms with Crippen molar-refractivity contribution in [2.75, 3.05) is 0 Å². The number of aryl methyl sites for hydroxylation is 1. The molecule has 2 aromatic heterocycles. The number of nitriles is 2. The average molecular weight is 504 g/mol. The van der Waals surface area contributed by atoms with Crippen molar-refractivity contribution in [1.29, 1.82) is 10.5 Å². The summed E-state index contributed by atoms with van der Waals surface area (Å²) >= 11 is 12.3. The maximum Gasteiger partial charge on any atom is 0.268 e. The van der Waals surface area contributed by atoms with Crippen LogP contribution in [-0.2, 0) is 25.4 Å². The first kappa shape index (κ1) is 24.3. The van der Waals surface area contributed by atoms with Gasteiger partial charge in [0.05, 0.1) is 52.2 Å². The van der Waals surface area contributed by atoms with Crippen molar-refractivity contribution >= 4 is 23.2 Å². The zero-order valence-electron chi connectivity index (χ0n) is 18.9. The summed E-state index contributed by atoms with van der Waals surface area (Å²) in [5.41, 5.74) is 3.62. The van der Waals surface area contributed by atoms with Gasteiger partial charge in [0.25, 0.3) is 5.56 Å². The van der Waals surface area contributed by atoms with Crippen LogP contribution in [-0.4, -0.2) is 14.1 Å². The summed E-state index contributed by atoms with van der Waals surface area (Å²) < 4.78 is 9.65. The molecule has 0 N–H and O–H groups in total. The molecule has 4 rings (SSSR count). The predicted octanol–water partition coefficient (Wildman–Crippen LogP) is 5.14. The minimum absolute atomic E-state index is 0.00704. The number of imidazole rings is 1. The maximum atomic E-state index is 12.8. The molecule has 35 heavy (non-hydrogen) atoms. The third-order valence-corrected chi connectivity index (χ3v) is 6.48. The van der Waals surface area contributed by atoms with Crippen LogP contribution in [0.1, 0.15) is 34.2 Å². The monoisotopic (exact) mass is 503 g/mol. The van der Waals surface area contributed by atoms with Gasteiger partial charge in [-0.3, -0.25) is 4.79 Å². The van der Waals surface area contributed by atoms with Crippen LogP contribution in [0.2, 0.25) is 10.0 Å². The summed E-state index contributed by atoms with van der Waals surface area (Å²) in [6.45, 7) is 0.0445. The third-order valence-electron chi connectivity index (χ3n) is 5.74. The molecular formula is C26H19Cl2N5O2. The van der Waals surface area contributed by atoms with Crippen LogP contribution in [0.3, 0.4) is 0 Å². The van der Waals surface area contributed by atoms with Gasteiger partial charge in [0.2, 0.25) is 0 Å². The summed E-state index contributed by atoms with van der Waals surface area (Å²) in [5, 5.41) is 19.4. The zero-order valence-corrected chi connectivity index (χ0v) is 20.4. The van der Waals surface area contributed by atoms with Crippen molar-refractivity contribution in [2.24, 2.45) is 14.1 Å². The molecule has 0 aliphatic rings. The number of ether oxygens (including phenoxy) is 1. The normalized spacial score (nSPS) is 11.6. The molecule has 0 fully saturated rings. The predicted molar refractivity (Wildman–Crippen MR) is 133 cm³/mol. The number of aromatic nitrogens is 3. The van der Waals surface area contributed by atoms with Gasteiger partial charge in [0.15, 0.2) is 0 Å². The van der Waals surface area contributed by atoms with E-state index in [2.05, 4.69) is 11.1 Å². The Bertz CT molecular complexity index is 1540. The molecule has 0 bridgehead atoms. The number of pyridine rings is 1. The highest BCUT2D eigenvalue weighted by molar-refractivity contribution is 6.42. The zero-order chi connectivity index (χ0) is 25.1. The molecule has 0 radical (unpaired) electrons.